The van der Waals surface area contributed by atoms with E-state index < -0.39 is 18.7 Å². The second kappa shape index (κ2) is 5.55. The highest BCUT2D eigenvalue weighted by Gasteiger charge is 2.31. The van der Waals surface area contributed by atoms with Gasteiger partial charge in [0.1, 0.15) is 18.7 Å². The molecule has 112 valence electrons. The number of alkyl halides is 3. The molecule has 1 heterocycles. The Labute approximate surface area is 118 Å². The minimum atomic E-state index is -4.35. The van der Waals surface area contributed by atoms with Crippen LogP contribution in [0, 0.1) is 0 Å². The maximum atomic E-state index is 12.6. The maximum absolute atomic E-state index is 12.6. The molecule has 21 heavy (non-hydrogen) atoms. The van der Waals surface area contributed by atoms with Crippen LogP contribution >= 0.6 is 0 Å². The first-order valence-corrected chi connectivity index (χ1v) is 6.11. The van der Waals surface area contributed by atoms with Crippen LogP contribution in [0.25, 0.3) is 10.9 Å². The molecule has 0 aliphatic rings. The van der Waals surface area contributed by atoms with Crippen molar-refractivity contribution >= 4 is 22.7 Å². The number of carbonyl (C=O) groups is 1. The summed E-state index contributed by atoms with van der Waals surface area (Å²) >= 11 is 0. The van der Waals surface area contributed by atoms with Gasteiger partial charge in [0.25, 0.3) is 0 Å². The normalized spacial score (nSPS) is 11.6. The average molecular weight is 299 g/mol. The number of aromatic nitrogens is 2. The highest BCUT2D eigenvalue weighted by atomic mass is 19.4. The Morgan fingerprint density at radius 1 is 1.33 bits per heavy atom. The molecule has 0 aliphatic heterocycles. The summed E-state index contributed by atoms with van der Waals surface area (Å²) in [5.74, 6) is -0.989. The van der Waals surface area contributed by atoms with E-state index in [0.717, 1.165) is 11.2 Å². The van der Waals surface area contributed by atoms with Gasteiger partial charge in [-0.25, -0.2) is 14.8 Å². The summed E-state index contributed by atoms with van der Waals surface area (Å²) in [5, 5.41) is 9.30. The lowest BCUT2D eigenvalue weighted by Gasteiger charge is -2.24. The summed E-state index contributed by atoms with van der Waals surface area (Å²) in [5.41, 5.74) is 0.312. The van der Waals surface area contributed by atoms with Crippen LogP contribution in [0.15, 0.2) is 24.5 Å². The van der Waals surface area contributed by atoms with Crippen LogP contribution in [0.5, 0.6) is 0 Å². The molecule has 0 saturated carbocycles. The quantitative estimate of drug-likeness (QED) is 0.940. The van der Waals surface area contributed by atoms with E-state index in [1.165, 1.54) is 18.2 Å². The third kappa shape index (κ3) is 3.39. The Balaban J connectivity index is 2.51. The Morgan fingerprint density at radius 2 is 2.05 bits per heavy atom. The number of halogens is 3. The van der Waals surface area contributed by atoms with E-state index in [1.54, 1.807) is 6.92 Å². The van der Waals surface area contributed by atoms with Crippen LogP contribution in [0.2, 0.25) is 0 Å². The number of carboxylic acids is 1. The fourth-order valence-corrected chi connectivity index (χ4v) is 1.98. The van der Waals surface area contributed by atoms with Crippen LogP contribution in [0.3, 0.4) is 0 Å². The SMILES string of the molecule is CCN(CC(F)(F)F)c1ncnc2cc(C(=O)O)ccc12. The van der Waals surface area contributed by atoms with Gasteiger partial charge in [0.2, 0.25) is 0 Å². The average Bonchev–Trinajstić information content (AvgIpc) is 2.42. The van der Waals surface area contributed by atoms with Gasteiger partial charge in [-0.2, -0.15) is 13.2 Å². The lowest BCUT2D eigenvalue weighted by atomic mass is 10.1. The van der Waals surface area contributed by atoms with Crippen molar-refractivity contribution in [3.63, 3.8) is 0 Å². The molecule has 2 rings (SSSR count). The number of rotatable bonds is 4. The lowest BCUT2D eigenvalue weighted by Crippen LogP contribution is -2.34. The molecule has 0 aliphatic carbocycles. The third-order valence-electron chi connectivity index (χ3n) is 2.91. The summed E-state index contributed by atoms with van der Waals surface area (Å²) < 4.78 is 37.8. The molecule has 1 aromatic carbocycles. The second-order valence-corrected chi connectivity index (χ2v) is 4.36. The molecule has 0 amide bonds. The molecule has 2 aromatic rings. The Hall–Kier alpha value is -2.38. The summed E-state index contributed by atoms with van der Waals surface area (Å²) in [6.07, 6.45) is -3.23. The molecule has 0 radical (unpaired) electrons. The topological polar surface area (TPSA) is 66.3 Å². The summed E-state index contributed by atoms with van der Waals surface area (Å²) in [6, 6.07) is 4.05. The van der Waals surface area contributed by atoms with Gasteiger partial charge in [0.05, 0.1) is 11.1 Å². The molecule has 0 bridgehead atoms. The van der Waals surface area contributed by atoms with Gasteiger partial charge in [0, 0.05) is 11.9 Å². The zero-order chi connectivity index (χ0) is 15.6. The minimum absolute atomic E-state index is 0.0195. The number of carboxylic acid groups (broad SMARTS) is 1. The van der Waals surface area contributed by atoms with Crippen molar-refractivity contribution in [2.45, 2.75) is 13.1 Å². The molecule has 0 spiro atoms. The molecule has 0 unspecified atom stereocenters. The Morgan fingerprint density at radius 3 is 2.62 bits per heavy atom. The van der Waals surface area contributed by atoms with Crippen molar-refractivity contribution < 1.29 is 23.1 Å². The first-order chi connectivity index (χ1) is 9.81. The van der Waals surface area contributed by atoms with Gasteiger partial charge in [-0.05, 0) is 25.1 Å². The van der Waals surface area contributed by atoms with Crippen LogP contribution in [0.1, 0.15) is 17.3 Å². The van der Waals surface area contributed by atoms with Crippen molar-refractivity contribution in [2.24, 2.45) is 0 Å². The van der Waals surface area contributed by atoms with Gasteiger partial charge in [-0.15, -0.1) is 0 Å². The maximum Gasteiger partial charge on any atom is 0.405 e. The standard InChI is InChI=1S/C13H12F3N3O2/c1-2-19(6-13(14,15)16)11-9-4-3-8(12(20)21)5-10(9)17-7-18-11/h3-5,7H,2,6H2,1H3,(H,20,21). The van der Waals surface area contributed by atoms with Crippen molar-refractivity contribution in [2.75, 3.05) is 18.0 Å². The fourth-order valence-electron chi connectivity index (χ4n) is 1.98. The first kappa shape index (κ1) is 15.0. The van der Waals surface area contributed by atoms with Crippen LogP contribution in [-0.2, 0) is 0 Å². The number of benzene rings is 1. The first-order valence-electron chi connectivity index (χ1n) is 6.11. The van der Waals surface area contributed by atoms with E-state index in [-0.39, 0.29) is 17.9 Å². The number of hydrogen-bond acceptors (Lipinski definition) is 4. The number of hydrogen-bond donors (Lipinski definition) is 1. The molecule has 0 saturated heterocycles. The smallest absolute Gasteiger partial charge is 0.405 e. The van der Waals surface area contributed by atoms with Gasteiger partial charge >= 0.3 is 12.1 Å². The third-order valence-corrected chi connectivity index (χ3v) is 2.91. The van der Waals surface area contributed by atoms with Gasteiger partial charge in [-0.3, -0.25) is 0 Å². The minimum Gasteiger partial charge on any atom is -0.478 e. The Bertz CT molecular complexity index is 673. The monoisotopic (exact) mass is 299 g/mol. The van der Waals surface area contributed by atoms with Crippen LogP contribution in [-0.4, -0.2) is 40.3 Å². The molecule has 0 atom stereocenters. The lowest BCUT2D eigenvalue weighted by molar-refractivity contribution is -0.119. The predicted octanol–water partition coefficient (Wildman–Crippen LogP) is 2.72. The van der Waals surface area contributed by atoms with E-state index in [2.05, 4.69) is 9.97 Å². The summed E-state index contributed by atoms with van der Waals surface area (Å²) in [6.45, 7) is 0.577. The highest BCUT2D eigenvalue weighted by molar-refractivity contribution is 5.96. The van der Waals surface area contributed by atoms with Crippen molar-refractivity contribution in [1.29, 1.82) is 0 Å². The number of anilines is 1. The number of fused-ring (bicyclic) bond motifs is 1. The van der Waals surface area contributed by atoms with E-state index >= 15 is 0 Å². The molecular formula is C13H12F3N3O2. The fraction of sp³-hybridized carbons (Fsp3) is 0.308. The zero-order valence-electron chi connectivity index (χ0n) is 11.1. The van der Waals surface area contributed by atoms with Gasteiger partial charge in [-0.1, -0.05) is 0 Å². The summed E-state index contributed by atoms with van der Waals surface area (Å²) in [7, 11) is 0. The highest BCUT2D eigenvalue weighted by Crippen LogP contribution is 2.26. The van der Waals surface area contributed by atoms with E-state index in [4.69, 9.17) is 5.11 Å². The van der Waals surface area contributed by atoms with Crippen molar-refractivity contribution in [3.05, 3.63) is 30.1 Å². The van der Waals surface area contributed by atoms with Crippen LogP contribution in [0.4, 0.5) is 19.0 Å². The molecular weight excluding hydrogens is 287 g/mol. The molecule has 8 heteroatoms. The van der Waals surface area contributed by atoms with Crippen LogP contribution < -0.4 is 4.90 Å². The molecule has 1 aromatic heterocycles. The van der Waals surface area contributed by atoms with Gasteiger partial charge < -0.3 is 10.0 Å². The van der Waals surface area contributed by atoms with Gasteiger partial charge in [0.15, 0.2) is 0 Å². The predicted molar refractivity (Wildman–Crippen MR) is 70.4 cm³/mol. The van der Waals surface area contributed by atoms with E-state index in [1.807, 2.05) is 0 Å². The van der Waals surface area contributed by atoms with Crippen molar-refractivity contribution in [3.8, 4) is 0 Å². The molecule has 0 fully saturated rings. The zero-order valence-corrected chi connectivity index (χ0v) is 11.1. The second-order valence-electron chi connectivity index (χ2n) is 4.36. The van der Waals surface area contributed by atoms with E-state index in [9.17, 15) is 18.0 Å². The largest absolute Gasteiger partial charge is 0.478 e. The number of nitrogens with zero attached hydrogens (tertiary/aromatic N) is 3. The molecule has 1 N–H and O–H groups in total. The molecule has 5 nitrogen and oxygen atoms in total. The van der Waals surface area contributed by atoms with E-state index in [0.29, 0.717) is 10.9 Å². The number of aromatic carboxylic acids is 1. The Kier molecular flexibility index (Phi) is 3.97. The summed E-state index contributed by atoms with van der Waals surface area (Å²) in [4.78, 5) is 19.8. The van der Waals surface area contributed by atoms with Crippen molar-refractivity contribution in [1.82, 2.24) is 9.97 Å².